The first-order valence-corrected chi connectivity index (χ1v) is 7.79. The van der Waals surface area contributed by atoms with Crippen molar-refractivity contribution in [2.45, 2.75) is 25.7 Å². The number of hydrogen-bond donors (Lipinski definition) is 1. The summed E-state index contributed by atoms with van der Waals surface area (Å²) in [6.07, 6.45) is 3.78. The number of carbonyl (C=O) groups is 1. The van der Waals surface area contributed by atoms with E-state index in [9.17, 15) is 4.79 Å². The number of nitrogens with two attached hydrogens (primary N) is 1. The van der Waals surface area contributed by atoms with Crippen LogP contribution < -0.4 is 5.73 Å². The third-order valence-electron chi connectivity index (χ3n) is 4.82. The molecular weight excluding hydrogens is 254 g/mol. The van der Waals surface area contributed by atoms with E-state index in [0.717, 1.165) is 51.2 Å². The van der Waals surface area contributed by atoms with E-state index in [2.05, 4.69) is 19.0 Å². The van der Waals surface area contributed by atoms with E-state index >= 15 is 0 Å². The normalized spacial score (nSPS) is 24.1. The second-order valence-electron chi connectivity index (χ2n) is 6.59. The van der Waals surface area contributed by atoms with Crippen molar-refractivity contribution in [2.75, 3.05) is 53.5 Å². The molecule has 2 rings (SSSR count). The molecule has 0 bridgehead atoms. The monoisotopic (exact) mass is 283 g/mol. The second-order valence-corrected chi connectivity index (χ2v) is 6.59. The summed E-state index contributed by atoms with van der Waals surface area (Å²) in [5.74, 6) is 0.990. The number of rotatable bonds is 4. The van der Waals surface area contributed by atoms with Gasteiger partial charge in [-0.2, -0.15) is 0 Å². The zero-order chi connectivity index (χ0) is 14.6. The predicted molar refractivity (Wildman–Crippen MR) is 79.4 cm³/mol. The Morgan fingerprint density at radius 2 is 1.90 bits per heavy atom. The zero-order valence-electron chi connectivity index (χ0n) is 12.9. The number of likely N-dealkylation sites (tertiary alicyclic amines) is 1. The van der Waals surface area contributed by atoms with Crippen LogP contribution in [0.3, 0.4) is 0 Å². The molecule has 2 saturated heterocycles. The third-order valence-corrected chi connectivity index (χ3v) is 4.82. The molecule has 5 heteroatoms. The fraction of sp³-hybridized carbons (Fsp3) is 0.933. The minimum absolute atomic E-state index is 0.270. The molecule has 1 amide bonds. The minimum Gasteiger partial charge on any atom is -0.381 e. The Kier molecular flexibility index (Phi) is 5.41. The van der Waals surface area contributed by atoms with Gasteiger partial charge in [0.05, 0.1) is 5.41 Å². The number of amides is 1. The van der Waals surface area contributed by atoms with Crippen LogP contribution in [0, 0.1) is 11.3 Å². The first kappa shape index (κ1) is 15.7. The number of carbonyl (C=O) groups excluding carboxylic acids is 1. The van der Waals surface area contributed by atoms with Crippen molar-refractivity contribution in [2.24, 2.45) is 17.1 Å². The van der Waals surface area contributed by atoms with Gasteiger partial charge in [0.15, 0.2) is 0 Å². The molecule has 0 spiro atoms. The van der Waals surface area contributed by atoms with Gasteiger partial charge in [0.2, 0.25) is 5.91 Å². The van der Waals surface area contributed by atoms with E-state index in [0.29, 0.717) is 19.8 Å². The van der Waals surface area contributed by atoms with Crippen molar-refractivity contribution in [1.82, 2.24) is 9.80 Å². The molecule has 0 aromatic rings. The minimum atomic E-state index is -0.355. The summed E-state index contributed by atoms with van der Waals surface area (Å²) in [7, 11) is 4.23. The highest BCUT2D eigenvalue weighted by atomic mass is 16.5. The van der Waals surface area contributed by atoms with Crippen LogP contribution in [0.5, 0.6) is 0 Å². The van der Waals surface area contributed by atoms with Crippen molar-refractivity contribution in [3.63, 3.8) is 0 Å². The van der Waals surface area contributed by atoms with Crippen LogP contribution in [-0.2, 0) is 9.53 Å². The maximum Gasteiger partial charge on any atom is 0.230 e. The molecule has 0 unspecified atom stereocenters. The first-order valence-electron chi connectivity index (χ1n) is 7.79. The molecule has 0 aromatic heterocycles. The number of piperidine rings is 1. The molecule has 2 heterocycles. The predicted octanol–water partition coefficient (Wildman–Crippen LogP) is 0.542. The highest BCUT2D eigenvalue weighted by Crippen LogP contribution is 2.33. The average Bonchev–Trinajstić information content (AvgIpc) is 2.47. The van der Waals surface area contributed by atoms with Crippen molar-refractivity contribution < 1.29 is 9.53 Å². The van der Waals surface area contributed by atoms with E-state index in [4.69, 9.17) is 10.5 Å². The van der Waals surface area contributed by atoms with Gasteiger partial charge in [0, 0.05) is 39.4 Å². The molecular formula is C15H29N3O2. The van der Waals surface area contributed by atoms with Crippen LogP contribution in [0.4, 0.5) is 0 Å². The van der Waals surface area contributed by atoms with Crippen molar-refractivity contribution >= 4 is 5.91 Å². The lowest BCUT2D eigenvalue weighted by Gasteiger charge is -2.41. The van der Waals surface area contributed by atoms with Gasteiger partial charge >= 0.3 is 0 Å². The average molecular weight is 283 g/mol. The summed E-state index contributed by atoms with van der Waals surface area (Å²) >= 11 is 0. The summed E-state index contributed by atoms with van der Waals surface area (Å²) in [6, 6.07) is 0. The Morgan fingerprint density at radius 1 is 1.30 bits per heavy atom. The van der Waals surface area contributed by atoms with Crippen LogP contribution in [0.15, 0.2) is 0 Å². The van der Waals surface area contributed by atoms with E-state index < -0.39 is 0 Å². The maximum atomic E-state index is 12.8. The van der Waals surface area contributed by atoms with Crippen molar-refractivity contribution in [3.05, 3.63) is 0 Å². The van der Waals surface area contributed by atoms with Gasteiger partial charge < -0.3 is 20.3 Å². The molecule has 0 atom stereocenters. The molecule has 2 aliphatic rings. The Balaban J connectivity index is 1.90. The SMILES string of the molecule is CN(C)CC1CCN(C(=O)C2(CN)CCOCC2)CC1. The van der Waals surface area contributed by atoms with Crippen LogP contribution in [0.1, 0.15) is 25.7 Å². The van der Waals surface area contributed by atoms with Crippen LogP contribution in [0.25, 0.3) is 0 Å². The Hall–Kier alpha value is -0.650. The van der Waals surface area contributed by atoms with Crippen LogP contribution in [-0.4, -0.2) is 69.2 Å². The lowest BCUT2D eigenvalue weighted by atomic mass is 9.78. The second kappa shape index (κ2) is 6.87. The summed E-state index contributed by atoms with van der Waals surface area (Å²) in [5, 5.41) is 0. The third kappa shape index (κ3) is 3.51. The van der Waals surface area contributed by atoms with E-state index in [-0.39, 0.29) is 11.3 Å². The van der Waals surface area contributed by atoms with Crippen molar-refractivity contribution in [3.8, 4) is 0 Å². The highest BCUT2D eigenvalue weighted by Gasteiger charge is 2.42. The molecule has 20 heavy (non-hydrogen) atoms. The quantitative estimate of drug-likeness (QED) is 0.818. The standard InChI is InChI=1S/C15H29N3O2/c1-17(2)11-13-3-7-18(8-4-13)14(19)15(12-16)5-9-20-10-6-15/h13H,3-12,16H2,1-2H3. The molecule has 0 aliphatic carbocycles. The largest absolute Gasteiger partial charge is 0.381 e. The molecule has 2 N–H and O–H groups in total. The van der Waals surface area contributed by atoms with E-state index in [1.54, 1.807) is 0 Å². The summed E-state index contributed by atoms with van der Waals surface area (Å²) in [4.78, 5) is 17.1. The van der Waals surface area contributed by atoms with Gasteiger partial charge in [-0.3, -0.25) is 4.79 Å². The van der Waals surface area contributed by atoms with Gasteiger partial charge in [0.25, 0.3) is 0 Å². The van der Waals surface area contributed by atoms with Crippen LogP contribution >= 0.6 is 0 Å². The summed E-state index contributed by atoms with van der Waals surface area (Å²) in [5.41, 5.74) is 5.57. The van der Waals surface area contributed by atoms with Gasteiger partial charge in [-0.25, -0.2) is 0 Å². The number of hydrogen-bond acceptors (Lipinski definition) is 4. The van der Waals surface area contributed by atoms with E-state index in [1.165, 1.54) is 0 Å². The van der Waals surface area contributed by atoms with Gasteiger partial charge in [-0.15, -0.1) is 0 Å². The molecule has 0 radical (unpaired) electrons. The Bertz CT molecular complexity index is 319. The summed E-state index contributed by atoms with van der Waals surface area (Å²) in [6.45, 7) is 4.69. The molecule has 2 fully saturated rings. The smallest absolute Gasteiger partial charge is 0.230 e. The number of nitrogens with zero attached hydrogens (tertiary/aromatic N) is 2. The summed E-state index contributed by atoms with van der Waals surface area (Å²) < 4.78 is 5.39. The molecule has 116 valence electrons. The Morgan fingerprint density at radius 3 is 2.40 bits per heavy atom. The van der Waals surface area contributed by atoms with E-state index in [1.807, 2.05) is 4.90 Å². The van der Waals surface area contributed by atoms with Crippen LogP contribution in [0.2, 0.25) is 0 Å². The Labute approximate surface area is 122 Å². The first-order chi connectivity index (χ1) is 9.57. The molecule has 2 aliphatic heterocycles. The zero-order valence-corrected chi connectivity index (χ0v) is 12.9. The molecule has 5 nitrogen and oxygen atoms in total. The lowest BCUT2D eigenvalue weighted by molar-refractivity contribution is -0.148. The topological polar surface area (TPSA) is 58.8 Å². The fourth-order valence-electron chi connectivity index (χ4n) is 3.44. The molecule has 0 aromatic carbocycles. The van der Waals surface area contributed by atoms with Gasteiger partial charge in [0.1, 0.15) is 0 Å². The lowest BCUT2D eigenvalue weighted by Crippen LogP contribution is -2.53. The van der Waals surface area contributed by atoms with Gasteiger partial charge in [-0.1, -0.05) is 0 Å². The van der Waals surface area contributed by atoms with Crippen molar-refractivity contribution in [1.29, 1.82) is 0 Å². The number of ether oxygens (including phenoxy) is 1. The van der Waals surface area contributed by atoms with Gasteiger partial charge in [-0.05, 0) is 45.7 Å². The fourth-order valence-corrected chi connectivity index (χ4v) is 3.44. The highest BCUT2D eigenvalue weighted by molar-refractivity contribution is 5.83. The molecule has 0 saturated carbocycles. The maximum absolute atomic E-state index is 12.8.